The van der Waals surface area contributed by atoms with E-state index in [0.29, 0.717) is 19.3 Å². The lowest BCUT2D eigenvalue weighted by Gasteiger charge is -2.36. The van der Waals surface area contributed by atoms with Crippen LogP contribution in [-0.4, -0.2) is 55.3 Å². The summed E-state index contributed by atoms with van der Waals surface area (Å²) in [5.74, 6) is 0. The Bertz CT molecular complexity index is 805. The highest BCUT2D eigenvalue weighted by molar-refractivity contribution is 5.68. The van der Waals surface area contributed by atoms with E-state index in [0.717, 1.165) is 56.4 Å². The molecule has 0 radical (unpaired) electrons. The van der Waals surface area contributed by atoms with E-state index in [9.17, 15) is 4.79 Å². The van der Waals surface area contributed by atoms with Crippen molar-refractivity contribution in [1.29, 1.82) is 0 Å². The molecule has 0 bridgehead atoms. The zero-order chi connectivity index (χ0) is 24.0. The molecule has 0 unspecified atom stereocenters. The first-order valence-corrected chi connectivity index (χ1v) is 12.9. The Balaban J connectivity index is 1.45. The van der Waals surface area contributed by atoms with Crippen molar-refractivity contribution < 1.29 is 14.3 Å². The molecular weight excluding hydrogens is 424 g/mol. The van der Waals surface area contributed by atoms with Crippen molar-refractivity contribution in [2.75, 3.05) is 27.2 Å². The van der Waals surface area contributed by atoms with Crippen LogP contribution in [-0.2, 0) is 22.6 Å². The van der Waals surface area contributed by atoms with Crippen LogP contribution in [0, 0.1) is 0 Å². The molecule has 0 spiro atoms. The van der Waals surface area contributed by atoms with E-state index in [-0.39, 0.29) is 12.1 Å². The van der Waals surface area contributed by atoms with E-state index in [1.165, 1.54) is 19.3 Å². The molecule has 0 N–H and O–H groups in total. The van der Waals surface area contributed by atoms with Crippen LogP contribution in [0.25, 0.3) is 0 Å². The van der Waals surface area contributed by atoms with Gasteiger partial charge < -0.3 is 19.3 Å². The Morgan fingerprint density at radius 1 is 0.824 bits per heavy atom. The number of amides is 1. The normalized spacial score (nSPS) is 18.1. The van der Waals surface area contributed by atoms with Crippen LogP contribution in [0.2, 0.25) is 0 Å². The van der Waals surface area contributed by atoms with Gasteiger partial charge in [0.25, 0.3) is 0 Å². The largest absolute Gasteiger partial charge is 0.445 e. The van der Waals surface area contributed by atoms with E-state index >= 15 is 0 Å². The van der Waals surface area contributed by atoms with Crippen molar-refractivity contribution in [1.82, 2.24) is 9.80 Å². The van der Waals surface area contributed by atoms with Gasteiger partial charge in [-0.1, -0.05) is 73.5 Å². The number of hydrogen-bond acceptors (Lipinski definition) is 4. The van der Waals surface area contributed by atoms with Gasteiger partial charge in [-0.25, -0.2) is 4.79 Å². The molecule has 0 atom stereocenters. The van der Waals surface area contributed by atoms with E-state index in [4.69, 9.17) is 9.47 Å². The quantitative estimate of drug-likeness (QED) is 0.326. The molecule has 0 aromatic heterocycles. The molecule has 34 heavy (non-hydrogen) atoms. The summed E-state index contributed by atoms with van der Waals surface area (Å²) in [6.45, 7) is 2.90. The fourth-order valence-corrected chi connectivity index (χ4v) is 4.58. The lowest BCUT2D eigenvalue weighted by molar-refractivity contribution is 0.00195. The molecule has 1 fully saturated rings. The molecule has 5 nitrogen and oxygen atoms in total. The minimum atomic E-state index is -0.227. The van der Waals surface area contributed by atoms with Crippen LogP contribution in [0.1, 0.15) is 62.5 Å². The Labute approximate surface area is 206 Å². The first-order valence-electron chi connectivity index (χ1n) is 12.9. The van der Waals surface area contributed by atoms with Crippen LogP contribution in [0.3, 0.4) is 0 Å². The van der Waals surface area contributed by atoms with Crippen molar-refractivity contribution in [3.63, 3.8) is 0 Å². The van der Waals surface area contributed by atoms with Gasteiger partial charge in [-0.15, -0.1) is 0 Å². The predicted octanol–water partition coefficient (Wildman–Crippen LogP) is 6.28. The van der Waals surface area contributed by atoms with Gasteiger partial charge in [0.2, 0.25) is 0 Å². The number of ether oxygens (including phenoxy) is 2. The number of carbonyl (C=O) groups excluding carboxylic acids is 1. The lowest BCUT2D eigenvalue weighted by atomic mass is 9.91. The molecule has 3 rings (SSSR count). The van der Waals surface area contributed by atoms with Crippen LogP contribution in [0.4, 0.5) is 4.79 Å². The zero-order valence-electron chi connectivity index (χ0n) is 21.0. The average molecular weight is 467 g/mol. The summed E-state index contributed by atoms with van der Waals surface area (Å²) in [6.07, 6.45) is 8.92. The second-order valence-corrected chi connectivity index (χ2v) is 9.67. The van der Waals surface area contributed by atoms with Gasteiger partial charge in [0.15, 0.2) is 0 Å². The number of hydrogen-bond donors (Lipinski definition) is 0. The van der Waals surface area contributed by atoms with Gasteiger partial charge in [-0.05, 0) is 70.3 Å². The fraction of sp³-hybridized carbons (Fsp3) is 0.552. The molecule has 1 aliphatic rings. The molecule has 1 aliphatic carbocycles. The predicted molar refractivity (Wildman–Crippen MR) is 138 cm³/mol. The maximum Gasteiger partial charge on any atom is 0.410 e. The van der Waals surface area contributed by atoms with Gasteiger partial charge in [0.1, 0.15) is 6.61 Å². The molecule has 5 heteroatoms. The number of benzene rings is 2. The van der Waals surface area contributed by atoms with Crippen LogP contribution in [0.5, 0.6) is 0 Å². The maximum atomic E-state index is 13.1. The summed E-state index contributed by atoms with van der Waals surface area (Å²) < 4.78 is 11.9. The second-order valence-electron chi connectivity index (χ2n) is 9.67. The Hall–Kier alpha value is -2.37. The molecule has 2 aromatic rings. The first kappa shape index (κ1) is 26.2. The first-order chi connectivity index (χ1) is 16.6. The molecule has 1 amide bonds. The Morgan fingerprint density at radius 2 is 1.44 bits per heavy atom. The fourth-order valence-electron chi connectivity index (χ4n) is 4.58. The maximum absolute atomic E-state index is 13.1. The monoisotopic (exact) mass is 466 g/mol. The summed E-state index contributed by atoms with van der Waals surface area (Å²) in [5.41, 5.74) is 2.14. The molecule has 2 aromatic carbocycles. The topological polar surface area (TPSA) is 42.0 Å². The Morgan fingerprint density at radius 3 is 2.09 bits per heavy atom. The Kier molecular flexibility index (Phi) is 11.4. The van der Waals surface area contributed by atoms with Gasteiger partial charge in [0.05, 0.1) is 6.10 Å². The van der Waals surface area contributed by atoms with Crippen molar-refractivity contribution in [3.05, 3.63) is 71.8 Å². The third-order valence-corrected chi connectivity index (χ3v) is 6.57. The van der Waals surface area contributed by atoms with Gasteiger partial charge in [0, 0.05) is 19.2 Å². The van der Waals surface area contributed by atoms with Crippen LogP contribution < -0.4 is 0 Å². The highest BCUT2D eigenvalue weighted by Crippen LogP contribution is 2.27. The molecule has 1 saturated carbocycles. The molecule has 186 valence electrons. The van der Waals surface area contributed by atoms with Gasteiger partial charge in [-0.2, -0.15) is 0 Å². The van der Waals surface area contributed by atoms with Crippen LogP contribution in [0.15, 0.2) is 60.7 Å². The van der Waals surface area contributed by atoms with Crippen molar-refractivity contribution in [2.24, 2.45) is 0 Å². The van der Waals surface area contributed by atoms with Gasteiger partial charge >= 0.3 is 6.09 Å². The summed E-state index contributed by atoms with van der Waals surface area (Å²) in [5, 5.41) is 0. The minimum absolute atomic E-state index is 0.189. The summed E-state index contributed by atoms with van der Waals surface area (Å²) in [7, 11) is 4.26. The summed E-state index contributed by atoms with van der Waals surface area (Å²) in [6, 6.07) is 20.3. The van der Waals surface area contributed by atoms with E-state index in [1.807, 2.05) is 53.4 Å². The third-order valence-electron chi connectivity index (χ3n) is 6.57. The van der Waals surface area contributed by atoms with E-state index < -0.39 is 0 Å². The smallest absolute Gasteiger partial charge is 0.410 e. The second kappa shape index (κ2) is 14.8. The molecule has 0 aliphatic heterocycles. The zero-order valence-corrected chi connectivity index (χ0v) is 21.0. The van der Waals surface area contributed by atoms with E-state index in [2.05, 4.69) is 31.1 Å². The van der Waals surface area contributed by atoms with Gasteiger partial charge in [-0.3, -0.25) is 0 Å². The number of unbranched alkanes of at least 4 members (excludes halogenated alkanes) is 3. The number of carbonyl (C=O) groups is 1. The lowest BCUT2D eigenvalue weighted by Crippen LogP contribution is -2.43. The number of nitrogens with zero attached hydrogens (tertiary/aromatic N) is 2. The van der Waals surface area contributed by atoms with E-state index in [1.54, 1.807) is 0 Å². The highest BCUT2D eigenvalue weighted by atomic mass is 16.6. The summed E-state index contributed by atoms with van der Waals surface area (Å²) in [4.78, 5) is 17.3. The van der Waals surface area contributed by atoms with Crippen molar-refractivity contribution in [2.45, 2.75) is 76.7 Å². The van der Waals surface area contributed by atoms with Crippen molar-refractivity contribution >= 4 is 6.09 Å². The number of rotatable bonds is 13. The third kappa shape index (κ3) is 9.47. The SMILES string of the molecule is CN(C)CCCCCCO[C@H]1CC[C@H](N(Cc2ccccc2)C(=O)OCc2ccccc2)CC1. The van der Waals surface area contributed by atoms with Crippen molar-refractivity contribution in [3.8, 4) is 0 Å². The standard InChI is InChI=1S/C29H42N2O3/c1-30(2)21-11-3-4-12-22-33-28-19-17-27(18-20-28)31(23-25-13-7-5-8-14-25)29(32)34-24-26-15-9-6-10-16-26/h5-10,13-16,27-28H,3-4,11-12,17-24H2,1-2H3/t27-,28-. The highest BCUT2D eigenvalue weighted by Gasteiger charge is 2.30. The molecule has 0 heterocycles. The average Bonchev–Trinajstić information content (AvgIpc) is 2.87. The molecular formula is C29H42N2O3. The summed E-state index contributed by atoms with van der Waals surface area (Å²) >= 11 is 0. The minimum Gasteiger partial charge on any atom is -0.445 e. The molecule has 0 saturated heterocycles. The van der Waals surface area contributed by atoms with Crippen LogP contribution >= 0.6 is 0 Å².